The van der Waals surface area contributed by atoms with Crippen LogP contribution in [0.4, 0.5) is 5.69 Å². The first-order valence-corrected chi connectivity index (χ1v) is 17.0. The van der Waals surface area contributed by atoms with Gasteiger partial charge in [0.05, 0.1) is 11.0 Å². The number of rotatable bonds is 10. The number of benzene rings is 3. The van der Waals surface area contributed by atoms with Crippen molar-refractivity contribution in [3.63, 3.8) is 0 Å². The summed E-state index contributed by atoms with van der Waals surface area (Å²) in [4.78, 5) is 57.1. The molecule has 2 fully saturated rings. The third-order valence-corrected chi connectivity index (χ3v) is 9.84. The normalized spacial score (nSPS) is 19.0. The maximum Gasteiger partial charge on any atom is 0.323 e. The third kappa shape index (κ3) is 8.03. The van der Waals surface area contributed by atoms with Gasteiger partial charge in [0.1, 0.15) is 6.04 Å². The Morgan fingerprint density at radius 1 is 0.875 bits per heavy atom. The molecule has 11 heteroatoms. The molecule has 6 rings (SSSR count). The van der Waals surface area contributed by atoms with Crippen LogP contribution < -0.4 is 32.7 Å². The quantitative estimate of drug-likeness (QED) is 0.138. The van der Waals surface area contributed by atoms with E-state index in [0.29, 0.717) is 41.2 Å². The minimum Gasteiger partial charge on any atom is -0.349 e. The molecule has 1 aliphatic carbocycles. The highest BCUT2D eigenvalue weighted by Gasteiger charge is 2.29. The van der Waals surface area contributed by atoms with Crippen molar-refractivity contribution in [1.29, 1.82) is 0 Å². The summed E-state index contributed by atoms with van der Waals surface area (Å²) >= 11 is 0. The fourth-order valence-electron chi connectivity index (χ4n) is 6.92. The average molecular weight is 652 g/mol. The maximum absolute atomic E-state index is 13.7. The van der Waals surface area contributed by atoms with Crippen molar-refractivity contribution in [1.82, 2.24) is 25.9 Å². The molecule has 48 heavy (non-hydrogen) atoms. The molecule has 8 N–H and O–H groups in total. The second-order valence-corrected chi connectivity index (χ2v) is 13.3. The smallest absolute Gasteiger partial charge is 0.323 e. The summed E-state index contributed by atoms with van der Waals surface area (Å²) in [5.74, 6) is -0.216. The van der Waals surface area contributed by atoms with Crippen LogP contribution in [0.25, 0.3) is 22.2 Å². The largest absolute Gasteiger partial charge is 0.349 e. The zero-order valence-electron chi connectivity index (χ0n) is 27.4. The van der Waals surface area contributed by atoms with Crippen molar-refractivity contribution in [3.05, 3.63) is 87.8 Å². The predicted octanol–water partition coefficient (Wildman–Crippen LogP) is 3.74. The van der Waals surface area contributed by atoms with Crippen molar-refractivity contribution in [2.24, 2.45) is 17.6 Å². The Labute approximate surface area is 279 Å². The van der Waals surface area contributed by atoms with Gasteiger partial charge in [0, 0.05) is 29.6 Å². The Hall–Kier alpha value is -4.74. The molecule has 0 bridgehead atoms. The number of carbonyl (C=O) groups is 3. The summed E-state index contributed by atoms with van der Waals surface area (Å²) < 4.78 is 0. The van der Waals surface area contributed by atoms with Crippen molar-refractivity contribution in [2.75, 3.05) is 25.0 Å². The second-order valence-electron chi connectivity index (χ2n) is 13.3. The molecule has 252 valence electrons. The Bertz CT molecular complexity index is 1820. The average Bonchev–Trinajstić information content (AvgIpc) is 3.48. The van der Waals surface area contributed by atoms with Crippen LogP contribution in [0.3, 0.4) is 0 Å². The van der Waals surface area contributed by atoms with Crippen LogP contribution in [0, 0.1) is 18.8 Å². The first kappa shape index (κ1) is 33.2. The van der Waals surface area contributed by atoms with Crippen molar-refractivity contribution < 1.29 is 14.4 Å². The summed E-state index contributed by atoms with van der Waals surface area (Å²) in [6.45, 7) is 4.46. The van der Waals surface area contributed by atoms with Gasteiger partial charge < -0.3 is 37.0 Å². The molecular weight excluding hydrogens is 606 g/mol. The van der Waals surface area contributed by atoms with E-state index in [1.54, 1.807) is 18.2 Å². The molecule has 1 saturated carbocycles. The molecule has 11 nitrogen and oxygen atoms in total. The first-order chi connectivity index (χ1) is 23.2. The van der Waals surface area contributed by atoms with Crippen LogP contribution in [0.1, 0.15) is 60.0 Å². The van der Waals surface area contributed by atoms with E-state index in [1.165, 1.54) is 0 Å². The van der Waals surface area contributed by atoms with E-state index in [1.807, 2.05) is 49.4 Å². The van der Waals surface area contributed by atoms with Gasteiger partial charge in [0.2, 0.25) is 11.8 Å². The van der Waals surface area contributed by atoms with E-state index in [-0.39, 0.29) is 35.4 Å². The lowest BCUT2D eigenvalue weighted by atomic mass is 9.81. The SMILES string of the molecule is Cc1cc(C(=O)NC2CCNCC2)ccc1-c1ccc(C[C@H](NC(=O)C2CCC(CN)CC2)C(=O)Nc2ccc3[nH]c(=O)[nH]c3c2)cc1. The predicted molar refractivity (Wildman–Crippen MR) is 188 cm³/mol. The summed E-state index contributed by atoms with van der Waals surface area (Å²) in [5.41, 5.74) is 11.8. The highest BCUT2D eigenvalue weighted by molar-refractivity contribution is 5.99. The topological polar surface area (TPSA) is 174 Å². The molecule has 3 amide bonds. The van der Waals surface area contributed by atoms with Crippen LogP contribution in [-0.2, 0) is 16.0 Å². The number of anilines is 1. The molecule has 1 saturated heterocycles. The van der Waals surface area contributed by atoms with Crippen LogP contribution >= 0.6 is 0 Å². The molecular formula is C37H45N7O4. The lowest BCUT2D eigenvalue weighted by molar-refractivity contribution is -0.130. The number of carbonyl (C=O) groups excluding carboxylic acids is 3. The zero-order chi connectivity index (χ0) is 33.6. The Kier molecular flexibility index (Phi) is 10.4. The van der Waals surface area contributed by atoms with Gasteiger partial charge in [-0.05, 0) is 124 Å². The van der Waals surface area contributed by atoms with Gasteiger partial charge in [-0.3, -0.25) is 14.4 Å². The number of nitrogens with two attached hydrogens (primary N) is 1. The van der Waals surface area contributed by atoms with Crippen LogP contribution in [0.2, 0.25) is 0 Å². The van der Waals surface area contributed by atoms with Gasteiger partial charge in [-0.2, -0.15) is 0 Å². The number of nitrogens with one attached hydrogen (secondary N) is 6. The zero-order valence-corrected chi connectivity index (χ0v) is 27.4. The molecule has 0 radical (unpaired) electrons. The number of hydrogen-bond donors (Lipinski definition) is 7. The second kappa shape index (κ2) is 15.0. The molecule has 1 aliphatic heterocycles. The Balaban J connectivity index is 1.15. The summed E-state index contributed by atoms with van der Waals surface area (Å²) in [5, 5.41) is 12.4. The number of fused-ring (bicyclic) bond motifs is 1. The van der Waals surface area contributed by atoms with Gasteiger partial charge in [-0.25, -0.2) is 4.79 Å². The molecule has 2 aliphatic rings. The van der Waals surface area contributed by atoms with E-state index >= 15 is 0 Å². The highest BCUT2D eigenvalue weighted by Crippen LogP contribution is 2.29. The minimum atomic E-state index is -0.809. The van der Waals surface area contributed by atoms with Gasteiger partial charge >= 0.3 is 5.69 Å². The molecule has 3 aromatic carbocycles. The number of hydrogen-bond acceptors (Lipinski definition) is 6. The van der Waals surface area contributed by atoms with Crippen LogP contribution in [0.5, 0.6) is 0 Å². The van der Waals surface area contributed by atoms with E-state index < -0.39 is 6.04 Å². The molecule has 1 aromatic heterocycles. The number of aromatic amines is 2. The standard InChI is InChI=1S/C37H45N7O4/c1-22-18-27(35(46)40-28-14-16-39-17-15-28)10-12-30(22)25-6-2-23(3-7-25)19-33(42-34(45)26-8-4-24(21-38)5-9-26)36(47)41-29-11-13-31-32(20-29)44-37(48)43-31/h2-3,6-7,10-13,18,20,24,26,28,33,39H,4-5,8-9,14-17,19,21,38H2,1H3,(H,40,46)(H,41,47)(H,42,45)(H2,43,44,48)/t24?,26?,33-/m0/s1. The van der Waals surface area contributed by atoms with Crippen molar-refractivity contribution in [2.45, 2.75) is 64.0 Å². The maximum atomic E-state index is 13.7. The van der Waals surface area contributed by atoms with Gasteiger partial charge in [0.25, 0.3) is 5.91 Å². The van der Waals surface area contributed by atoms with Crippen molar-refractivity contribution in [3.8, 4) is 11.1 Å². The monoisotopic (exact) mass is 651 g/mol. The lowest BCUT2D eigenvalue weighted by Gasteiger charge is -2.28. The number of imidazole rings is 1. The number of H-pyrrole nitrogens is 2. The summed E-state index contributed by atoms with van der Waals surface area (Å²) in [7, 11) is 0. The van der Waals surface area contributed by atoms with Gasteiger partial charge in [-0.1, -0.05) is 30.3 Å². The fraction of sp³-hybridized carbons (Fsp3) is 0.405. The summed E-state index contributed by atoms with van der Waals surface area (Å²) in [6, 6.07) is 18.3. The van der Waals surface area contributed by atoms with E-state index in [4.69, 9.17) is 5.73 Å². The van der Waals surface area contributed by atoms with Crippen LogP contribution in [-0.4, -0.2) is 59.4 Å². The summed E-state index contributed by atoms with van der Waals surface area (Å²) in [6.07, 6.45) is 5.49. The Morgan fingerprint density at radius 3 is 2.31 bits per heavy atom. The van der Waals surface area contributed by atoms with E-state index in [2.05, 4.69) is 31.2 Å². The molecule has 2 heterocycles. The van der Waals surface area contributed by atoms with Gasteiger partial charge in [-0.15, -0.1) is 0 Å². The van der Waals surface area contributed by atoms with Crippen LogP contribution in [0.15, 0.2) is 65.5 Å². The fourth-order valence-corrected chi connectivity index (χ4v) is 6.92. The van der Waals surface area contributed by atoms with Gasteiger partial charge in [0.15, 0.2) is 0 Å². The number of piperidine rings is 1. The lowest BCUT2D eigenvalue weighted by Crippen LogP contribution is -2.48. The van der Waals surface area contributed by atoms with E-state index in [9.17, 15) is 19.2 Å². The highest BCUT2D eigenvalue weighted by atomic mass is 16.2. The number of aromatic nitrogens is 2. The minimum absolute atomic E-state index is 0.0491. The molecule has 4 aromatic rings. The Morgan fingerprint density at radius 2 is 1.60 bits per heavy atom. The third-order valence-electron chi connectivity index (χ3n) is 9.84. The molecule has 1 atom stereocenters. The molecule has 0 spiro atoms. The van der Waals surface area contributed by atoms with Crippen molar-refractivity contribution >= 4 is 34.4 Å². The molecule has 0 unspecified atom stereocenters. The van der Waals surface area contributed by atoms with E-state index in [0.717, 1.165) is 73.9 Å². The first-order valence-electron chi connectivity index (χ1n) is 17.0. The number of aryl methyl sites for hydroxylation is 1. The number of amides is 3.